The van der Waals surface area contributed by atoms with Crippen molar-refractivity contribution in [2.45, 2.75) is 30.7 Å². The van der Waals surface area contributed by atoms with Gasteiger partial charge in [-0.25, -0.2) is 0 Å². The Kier molecular flexibility index (Phi) is 6.28. The number of nitrogens with zero attached hydrogens (tertiary/aromatic N) is 2. The Morgan fingerprint density at radius 3 is 2.62 bits per heavy atom. The van der Waals surface area contributed by atoms with Gasteiger partial charge < -0.3 is 10.2 Å². The Morgan fingerprint density at radius 1 is 1.15 bits per heavy atom. The molecule has 26 heavy (non-hydrogen) atoms. The van der Waals surface area contributed by atoms with Crippen LogP contribution in [0.3, 0.4) is 0 Å². The molecule has 0 bridgehead atoms. The molecule has 1 aliphatic heterocycles. The van der Waals surface area contributed by atoms with E-state index in [1.54, 1.807) is 12.3 Å². The molecule has 1 N–H and O–H groups in total. The highest BCUT2D eigenvalue weighted by atomic mass is 32.2. The Labute approximate surface area is 158 Å². The van der Waals surface area contributed by atoms with E-state index in [-0.39, 0.29) is 17.9 Å². The molecular formula is C20H23N3O2S. The maximum Gasteiger partial charge on any atom is 0.252 e. The van der Waals surface area contributed by atoms with Crippen LogP contribution < -0.4 is 5.32 Å². The number of nitrogens with one attached hydrogen (secondary N) is 1. The van der Waals surface area contributed by atoms with Crippen LogP contribution in [0.2, 0.25) is 0 Å². The third kappa shape index (κ3) is 4.64. The standard InChI is InChI=1S/C20H23N3O2S/c1-15(17-9-4-5-11-21-17)22-20(25)16-8-2-3-10-18(16)26-14-19(24)23-12-6-7-13-23/h2-5,8-11,15H,6-7,12-14H2,1H3,(H,22,25). The Bertz CT molecular complexity index is 761. The Hall–Kier alpha value is -2.34. The first-order valence-electron chi connectivity index (χ1n) is 8.86. The maximum atomic E-state index is 12.7. The number of hydrogen-bond acceptors (Lipinski definition) is 4. The van der Waals surface area contributed by atoms with E-state index in [1.807, 2.05) is 48.2 Å². The number of amides is 2. The molecule has 2 amide bonds. The first-order chi connectivity index (χ1) is 12.6. The highest BCUT2D eigenvalue weighted by Gasteiger charge is 2.20. The van der Waals surface area contributed by atoms with E-state index in [2.05, 4.69) is 10.3 Å². The van der Waals surface area contributed by atoms with E-state index in [9.17, 15) is 9.59 Å². The second-order valence-corrected chi connectivity index (χ2v) is 7.34. The fraction of sp³-hybridized carbons (Fsp3) is 0.350. The minimum absolute atomic E-state index is 0.143. The summed E-state index contributed by atoms with van der Waals surface area (Å²) in [4.78, 5) is 32.0. The summed E-state index contributed by atoms with van der Waals surface area (Å²) in [6.45, 7) is 3.61. The van der Waals surface area contributed by atoms with Crippen LogP contribution in [0.15, 0.2) is 53.6 Å². The maximum absolute atomic E-state index is 12.7. The van der Waals surface area contributed by atoms with Crippen molar-refractivity contribution in [1.82, 2.24) is 15.2 Å². The van der Waals surface area contributed by atoms with Crippen molar-refractivity contribution in [3.8, 4) is 0 Å². The molecule has 1 unspecified atom stereocenters. The smallest absolute Gasteiger partial charge is 0.252 e. The normalized spacial score (nSPS) is 14.9. The van der Waals surface area contributed by atoms with Crippen LogP contribution >= 0.6 is 11.8 Å². The Morgan fingerprint density at radius 2 is 1.88 bits per heavy atom. The molecule has 0 aliphatic carbocycles. The number of likely N-dealkylation sites (tertiary alicyclic amines) is 1. The van der Waals surface area contributed by atoms with Gasteiger partial charge in [0.2, 0.25) is 5.91 Å². The van der Waals surface area contributed by atoms with Gasteiger partial charge in [0.15, 0.2) is 0 Å². The molecule has 1 saturated heterocycles. The number of benzene rings is 1. The molecule has 1 aromatic carbocycles. The second-order valence-electron chi connectivity index (χ2n) is 6.32. The van der Waals surface area contributed by atoms with E-state index >= 15 is 0 Å². The lowest BCUT2D eigenvalue weighted by Gasteiger charge is -2.17. The monoisotopic (exact) mass is 369 g/mol. The van der Waals surface area contributed by atoms with Crippen molar-refractivity contribution in [3.05, 3.63) is 59.9 Å². The average Bonchev–Trinajstić information content (AvgIpc) is 3.22. The summed E-state index contributed by atoms with van der Waals surface area (Å²) in [7, 11) is 0. The van der Waals surface area contributed by atoms with Gasteiger partial charge in [0.1, 0.15) is 0 Å². The molecule has 1 fully saturated rings. The Balaban J connectivity index is 1.64. The molecule has 5 nitrogen and oxygen atoms in total. The van der Waals surface area contributed by atoms with Gasteiger partial charge in [-0.2, -0.15) is 0 Å². The van der Waals surface area contributed by atoms with E-state index in [0.29, 0.717) is 11.3 Å². The average molecular weight is 369 g/mol. The van der Waals surface area contributed by atoms with Crippen LogP contribution in [0, 0.1) is 0 Å². The van der Waals surface area contributed by atoms with Crippen molar-refractivity contribution in [2.24, 2.45) is 0 Å². The minimum Gasteiger partial charge on any atom is -0.344 e. The van der Waals surface area contributed by atoms with Crippen molar-refractivity contribution in [2.75, 3.05) is 18.8 Å². The van der Waals surface area contributed by atoms with Gasteiger partial charge >= 0.3 is 0 Å². The molecule has 0 saturated carbocycles. The van der Waals surface area contributed by atoms with Gasteiger partial charge in [-0.1, -0.05) is 18.2 Å². The summed E-state index contributed by atoms with van der Waals surface area (Å²) in [5.74, 6) is 0.351. The summed E-state index contributed by atoms with van der Waals surface area (Å²) in [5, 5.41) is 2.99. The van der Waals surface area contributed by atoms with Crippen LogP contribution in [-0.4, -0.2) is 40.5 Å². The van der Waals surface area contributed by atoms with Crippen molar-refractivity contribution in [3.63, 3.8) is 0 Å². The number of carbonyl (C=O) groups excluding carboxylic acids is 2. The first-order valence-corrected chi connectivity index (χ1v) is 9.85. The van der Waals surface area contributed by atoms with Gasteiger partial charge in [0.25, 0.3) is 5.91 Å². The van der Waals surface area contributed by atoms with Crippen LogP contribution in [0.4, 0.5) is 0 Å². The molecule has 1 aliphatic rings. The lowest BCUT2D eigenvalue weighted by molar-refractivity contribution is -0.127. The quantitative estimate of drug-likeness (QED) is 0.794. The molecule has 2 aromatic rings. The molecule has 0 spiro atoms. The molecule has 6 heteroatoms. The van der Waals surface area contributed by atoms with Gasteiger partial charge in [-0.3, -0.25) is 14.6 Å². The van der Waals surface area contributed by atoms with Crippen LogP contribution in [0.25, 0.3) is 0 Å². The van der Waals surface area contributed by atoms with E-state index in [1.165, 1.54) is 11.8 Å². The second kappa shape index (κ2) is 8.85. The van der Waals surface area contributed by atoms with Crippen LogP contribution in [-0.2, 0) is 4.79 Å². The molecule has 0 radical (unpaired) electrons. The number of pyridine rings is 1. The molecular weight excluding hydrogens is 346 g/mol. The zero-order chi connectivity index (χ0) is 18.4. The summed E-state index contributed by atoms with van der Waals surface area (Å²) in [6.07, 6.45) is 3.88. The van der Waals surface area contributed by atoms with Gasteiger partial charge in [0, 0.05) is 24.2 Å². The predicted molar refractivity (Wildman–Crippen MR) is 103 cm³/mol. The highest BCUT2D eigenvalue weighted by molar-refractivity contribution is 8.00. The largest absolute Gasteiger partial charge is 0.344 e. The van der Waals surface area contributed by atoms with E-state index in [4.69, 9.17) is 0 Å². The number of hydrogen-bond donors (Lipinski definition) is 1. The number of carbonyl (C=O) groups is 2. The summed E-state index contributed by atoms with van der Waals surface area (Å²) < 4.78 is 0. The fourth-order valence-corrected chi connectivity index (χ4v) is 3.91. The summed E-state index contributed by atoms with van der Waals surface area (Å²) >= 11 is 1.43. The van der Waals surface area contributed by atoms with Gasteiger partial charge in [-0.15, -0.1) is 11.8 Å². The molecule has 1 aromatic heterocycles. The molecule has 2 heterocycles. The van der Waals surface area contributed by atoms with Crippen LogP contribution in [0.5, 0.6) is 0 Å². The third-order valence-electron chi connectivity index (χ3n) is 4.42. The zero-order valence-corrected chi connectivity index (χ0v) is 15.7. The SMILES string of the molecule is CC(NC(=O)c1ccccc1SCC(=O)N1CCCC1)c1ccccn1. The van der Waals surface area contributed by atoms with Gasteiger partial charge in [-0.05, 0) is 44.0 Å². The molecule has 3 rings (SSSR count). The van der Waals surface area contributed by atoms with E-state index < -0.39 is 0 Å². The van der Waals surface area contributed by atoms with Crippen molar-refractivity contribution in [1.29, 1.82) is 0 Å². The van der Waals surface area contributed by atoms with Gasteiger partial charge in [0.05, 0.1) is 23.1 Å². The predicted octanol–water partition coefficient (Wildman–Crippen LogP) is 3.29. The number of rotatable bonds is 6. The third-order valence-corrected chi connectivity index (χ3v) is 5.48. The van der Waals surface area contributed by atoms with Crippen LogP contribution in [0.1, 0.15) is 41.9 Å². The van der Waals surface area contributed by atoms with Crippen molar-refractivity contribution < 1.29 is 9.59 Å². The van der Waals surface area contributed by atoms with E-state index in [0.717, 1.165) is 36.5 Å². The minimum atomic E-state index is -0.187. The first kappa shape index (κ1) is 18.5. The summed E-state index contributed by atoms with van der Waals surface area (Å²) in [6, 6.07) is 12.9. The topological polar surface area (TPSA) is 62.3 Å². The number of thioether (sulfide) groups is 1. The molecule has 1 atom stereocenters. The fourth-order valence-electron chi connectivity index (χ4n) is 2.96. The zero-order valence-electron chi connectivity index (χ0n) is 14.9. The number of aromatic nitrogens is 1. The summed E-state index contributed by atoms with van der Waals surface area (Å²) in [5.41, 5.74) is 1.41. The highest BCUT2D eigenvalue weighted by Crippen LogP contribution is 2.24. The van der Waals surface area contributed by atoms with Crippen molar-refractivity contribution >= 4 is 23.6 Å². The lowest BCUT2D eigenvalue weighted by atomic mass is 10.1. The molecule has 136 valence electrons. The lowest BCUT2D eigenvalue weighted by Crippen LogP contribution is -2.29.